The fourth-order valence-electron chi connectivity index (χ4n) is 2.17. The van der Waals surface area contributed by atoms with Gasteiger partial charge in [0.05, 0.1) is 11.8 Å². The quantitative estimate of drug-likeness (QED) is 0.827. The number of nitrogen functional groups attached to an aromatic ring is 1. The summed E-state index contributed by atoms with van der Waals surface area (Å²) in [6, 6.07) is 16.2. The van der Waals surface area contributed by atoms with E-state index in [0.717, 1.165) is 23.7 Å². The molecule has 0 aliphatic carbocycles. The van der Waals surface area contributed by atoms with Crippen molar-refractivity contribution < 1.29 is 4.74 Å². The van der Waals surface area contributed by atoms with Crippen molar-refractivity contribution in [1.29, 1.82) is 0 Å². The molecule has 2 aromatic carbocycles. The van der Waals surface area contributed by atoms with Crippen molar-refractivity contribution in [3.8, 4) is 5.75 Å². The second kappa shape index (κ2) is 6.33. The Labute approximate surface area is 121 Å². The average Bonchev–Trinajstić information content (AvgIpc) is 2.44. The zero-order valence-electron chi connectivity index (χ0n) is 12.3. The van der Waals surface area contributed by atoms with E-state index in [1.165, 1.54) is 0 Å². The number of ether oxygens (including phenoxy) is 1. The molecule has 0 amide bonds. The van der Waals surface area contributed by atoms with Crippen molar-refractivity contribution in [3.63, 3.8) is 0 Å². The SMILES string of the molecule is CCN(c1ccccc1)c1ccc(N)c(OC(C)C)c1. The maximum absolute atomic E-state index is 5.97. The summed E-state index contributed by atoms with van der Waals surface area (Å²) in [5.74, 6) is 0.742. The van der Waals surface area contributed by atoms with Crippen molar-refractivity contribution in [1.82, 2.24) is 0 Å². The van der Waals surface area contributed by atoms with Gasteiger partial charge in [-0.15, -0.1) is 0 Å². The van der Waals surface area contributed by atoms with Gasteiger partial charge in [-0.3, -0.25) is 0 Å². The standard InChI is InChI=1S/C17H22N2O/c1-4-19(14-8-6-5-7-9-14)15-10-11-16(18)17(12-15)20-13(2)3/h5-13H,4,18H2,1-3H3. The minimum Gasteiger partial charge on any atom is -0.489 e. The minimum atomic E-state index is 0.111. The predicted molar refractivity (Wildman–Crippen MR) is 85.7 cm³/mol. The number of hydrogen-bond acceptors (Lipinski definition) is 3. The van der Waals surface area contributed by atoms with Gasteiger partial charge in [0, 0.05) is 24.0 Å². The lowest BCUT2D eigenvalue weighted by atomic mass is 10.2. The Morgan fingerprint density at radius 3 is 2.35 bits per heavy atom. The molecule has 0 radical (unpaired) electrons. The summed E-state index contributed by atoms with van der Waals surface area (Å²) >= 11 is 0. The molecular formula is C17H22N2O. The van der Waals surface area contributed by atoms with Gasteiger partial charge in [0.1, 0.15) is 5.75 Å². The van der Waals surface area contributed by atoms with Crippen LogP contribution in [0.3, 0.4) is 0 Å². The molecule has 0 atom stereocenters. The number of hydrogen-bond donors (Lipinski definition) is 1. The summed E-state index contributed by atoms with van der Waals surface area (Å²) in [7, 11) is 0. The van der Waals surface area contributed by atoms with Crippen molar-refractivity contribution >= 4 is 17.1 Å². The van der Waals surface area contributed by atoms with Crippen LogP contribution >= 0.6 is 0 Å². The van der Waals surface area contributed by atoms with Gasteiger partial charge in [-0.05, 0) is 45.0 Å². The predicted octanol–water partition coefficient (Wildman–Crippen LogP) is 4.21. The molecule has 0 fully saturated rings. The van der Waals surface area contributed by atoms with E-state index in [0.29, 0.717) is 5.69 Å². The Morgan fingerprint density at radius 1 is 1.05 bits per heavy atom. The van der Waals surface area contributed by atoms with Crippen LogP contribution in [0.4, 0.5) is 17.1 Å². The Morgan fingerprint density at radius 2 is 1.75 bits per heavy atom. The maximum atomic E-state index is 5.97. The molecule has 0 aromatic heterocycles. The van der Waals surface area contributed by atoms with Gasteiger partial charge in [-0.2, -0.15) is 0 Å². The second-order valence-electron chi connectivity index (χ2n) is 4.97. The fourth-order valence-corrected chi connectivity index (χ4v) is 2.17. The largest absolute Gasteiger partial charge is 0.489 e. The van der Waals surface area contributed by atoms with Gasteiger partial charge < -0.3 is 15.4 Å². The van der Waals surface area contributed by atoms with Crippen molar-refractivity contribution in [2.45, 2.75) is 26.9 Å². The molecule has 0 aliphatic rings. The highest BCUT2D eigenvalue weighted by atomic mass is 16.5. The summed E-state index contributed by atoms with van der Waals surface area (Å²) in [6.45, 7) is 7.02. The Bertz CT molecular complexity index is 552. The number of nitrogens with two attached hydrogens (primary N) is 1. The highest BCUT2D eigenvalue weighted by Gasteiger charge is 2.10. The molecule has 3 nitrogen and oxygen atoms in total. The summed E-state index contributed by atoms with van der Waals surface area (Å²) in [4.78, 5) is 2.23. The van der Waals surface area contributed by atoms with Crippen LogP contribution in [-0.2, 0) is 0 Å². The van der Waals surface area contributed by atoms with Crippen LogP contribution in [0, 0.1) is 0 Å². The molecule has 0 saturated carbocycles. The van der Waals surface area contributed by atoms with E-state index in [9.17, 15) is 0 Å². The lowest BCUT2D eigenvalue weighted by molar-refractivity contribution is 0.244. The van der Waals surface area contributed by atoms with Crippen LogP contribution in [-0.4, -0.2) is 12.6 Å². The van der Waals surface area contributed by atoms with E-state index in [-0.39, 0.29) is 6.10 Å². The maximum Gasteiger partial charge on any atom is 0.144 e. The minimum absolute atomic E-state index is 0.111. The summed E-state index contributed by atoms with van der Waals surface area (Å²) in [5.41, 5.74) is 8.90. The van der Waals surface area contributed by atoms with Crippen LogP contribution in [0.15, 0.2) is 48.5 Å². The number of rotatable bonds is 5. The average molecular weight is 270 g/mol. The Kier molecular flexibility index (Phi) is 4.51. The van der Waals surface area contributed by atoms with Crippen LogP contribution in [0.5, 0.6) is 5.75 Å². The Balaban J connectivity index is 2.35. The van der Waals surface area contributed by atoms with E-state index in [2.05, 4.69) is 24.0 Å². The monoisotopic (exact) mass is 270 g/mol. The van der Waals surface area contributed by atoms with Crippen molar-refractivity contribution in [3.05, 3.63) is 48.5 Å². The van der Waals surface area contributed by atoms with Crippen LogP contribution in [0.1, 0.15) is 20.8 Å². The number of para-hydroxylation sites is 1. The van der Waals surface area contributed by atoms with Gasteiger partial charge >= 0.3 is 0 Å². The number of anilines is 3. The molecule has 0 saturated heterocycles. The highest BCUT2D eigenvalue weighted by Crippen LogP contribution is 2.32. The molecule has 2 N–H and O–H groups in total. The first-order chi connectivity index (χ1) is 9.61. The second-order valence-corrected chi connectivity index (χ2v) is 4.97. The van der Waals surface area contributed by atoms with E-state index < -0.39 is 0 Å². The van der Waals surface area contributed by atoms with Gasteiger partial charge in [-0.25, -0.2) is 0 Å². The van der Waals surface area contributed by atoms with Crippen LogP contribution in [0.25, 0.3) is 0 Å². The third kappa shape index (κ3) is 3.23. The van der Waals surface area contributed by atoms with E-state index in [4.69, 9.17) is 10.5 Å². The molecule has 2 aromatic rings. The summed E-state index contributed by atoms with van der Waals surface area (Å²) in [6.07, 6.45) is 0.111. The first-order valence-corrected chi connectivity index (χ1v) is 7.00. The lowest BCUT2D eigenvalue weighted by Gasteiger charge is -2.24. The zero-order valence-corrected chi connectivity index (χ0v) is 12.3. The third-order valence-corrected chi connectivity index (χ3v) is 3.06. The number of nitrogens with zero attached hydrogens (tertiary/aromatic N) is 1. The highest BCUT2D eigenvalue weighted by molar-refractivity contribution is 5.69. The van der Waals surface area contributed by atoms with Gasteiger partial charge in [0.15, 0.2) is 0 Å². The van der Waals surface area contributed by atoms with Gasteiger partial charge in [0.2, 0.25) is 0 Å². The molecule has 20 heavy (non-hydrogen) atoms. The molecule has 0 spiro atoms. The molecule has 2 rings (SSSR count). The van der Waals surface area contributed by atoms with Crippen molar-refractivity contribution in [2.75, 3.05) is 17.2 Å². The summed E-state index contributed by atoms with van der Waals surface area (Å²) < 4.78 is 5.76. The van der Waals surface area contributed by atoms with E-state index >= 15 is 0 Å². The molecule has 106 valence electrons. The summed E-state index contributed by atoms with van der Waals surface area (Å²) in [5, 5.41) is 0. The van der Waals surface area contributed by atoms with E-state index in [1.54, 1.807) is 0 Å². The van der Waals surface area contributed by atoms with Crippen LogP contribution in [0.2, 0.25) is 0 Å². The third-order valence-electron chi connectivity index (χ3n) is 3.06. The molecule has 0 heterocycles. The fraction of sp³-hybridized carbons (Fsp3) is 0.294. The van der Waals surface area contributed by atoms with Gasteiger partial charge in [0.25, 0.3) is 0 Å². The first kappa shape index (κ1) is 14.3. The molecule has 0 aliphatic heterocycles. The van der Waals surface area contributed by atoms with E-state index in [1.807, 2.05) is 50.2 Å². The van der Waals surface area contributed by atoms with Crippen molar-refractivity contribution in [2.24, 2.45) is 0 Å². The molecular weight excluding hydrogens is 248 g/mol. The van der Waals surface area contributed by atoms with Gasteiger partial charge in [-0.1, -0.05) is 18.2 Å². The number of benzene rings is 2. The first-order valence-electron chi connectivity index (χ1n) is 7.00. The Hall–Kier alpha value is -2.16. The molecule has 0 bridgehead atoms. The topological polar surface area (TPSA) is 38.5 Å². The molecule has 0 unspecified atom stereocenters. The zero-order chi connectivity index (χ0) is 14.5. The lowest BCUT2D eigenvalue weighted by Crippen LogP contribution is -2.16. The van der Waals surface area contributed by atoms with Crippen LogP contribution < -0.4 is 15.4 Å². The smallest absolute Gasteiger partial charge is 0.144 e. The normalized spacial score (nSPS) is 10.6. The molecule has 3 heteroatoms.